The molecule has 16 heavy (non-hydrogen) atoms. The summed E-state index contributed by atoms with van der Waals surface area (Å²) >= 11 is 0. The maximum absolute atomic E-state index is 13.2. The Hall–Kier alpha value is -0.890. The van der Waals surface area contributed by atoms with Crippen LogP contribution in [-0.4, -0.2) is 12.1 Å². The van der Waals surface area contributed by atoms with Gasteiger partial charge in [0, 0.05) is 18.0 Å². The zero-order valence-electron chi connectivity index (χ0n) is 9.62. The highest BCUT2D eigenvalue weighted by Gasteiger charge is 2.40. The van der Waals surface area contributed by atoms with Gasteiger partial charge in [-0.2, -0.15) is 0 Å². The van der Waals surface area contributed by atoms with E-state index in [1.165, 1.54) is 25.3 Å². The van der Waals surface area contributed by atoms with Crippen molar-refractivity contribution in [1.82, 2.24) is 5.32 Å². The van der Waals surface area contributed by atoms with Crippen molar-refractivity contribution in [2.24, 2.45) is 5.92 Å². The Morgan fingerprint density at radius 1 is 1.31 bits per heavy atom. The normalized spacial score (nSPS) is 34.2. The van der Waals surface area contributed by atoms with Crippen molar-refractivity contribution in [2.45, 2.75) is 44.2 Å². The predicted molar refractivity (Wildman–Crippen MR) is 62.9 cm³/mol. The molecule has 1 nitrogen and oxygen atoms in total. The van der Waals surface area contributed by atoms with Gasteiger partial charge in [0.05, 0.1) is 0 Å². The Morgan fingerprint density at radius 2 is 2.12 bits per heavy atom. The van der Waals surface area contributed by atoms with Crippen molar-refractivity contribution >= 4 is 0 Å². The number of hydrogen-bond donors (Lipinski definition) is 1. The molecule has 1 aliphatic carbocycles. The number of nitrogens with one attached hydrogen (secondary N) is 1. The van der Waals surface area contributed by atoms with E-state index < -0.39 is 0 Å². The third-order valence-electron chi connectivity index (χ3n) is 4.06. The molecule has 1 saturated carbocycles. The largest absolute Gasteiger partial charge is 0.311 e. The Labute approximate surface area is 96.1 Å². The first-order chi connectivity index (χ1) is 7.74. The summed E-state index contributed by atoms with van der Waals surface area (Å²) in [6, 6.07) is 8.24. The summed E-state index contributed by atoms with van der Waals surface area (Å²) in [6.07, 6.45) is 3.93. The van der Waals surface area contributed by atoms with Crippen LogP contribution in [0, 0.1) is 11.7 Å². The van der Waals surface area contributed by atoms with E-state index in [2.05, 4.69) is 18.3 Å². The Kier molecular flexibility index (Phi) is 2.47. The van der Waals surface area contributed by atoms with Crippen LogP contribution >= 0.6 is 0 Å². The van der Waals surface area contributed by atoms with E-state index in [0.717, 1.165) is 11.5 Å². The lowest BCUT2D eigenvalue weighted by Gasteiger charge is -2.14. The van der Waals surface area contributed by atoms with E-state index in [0.29, 0.717) is 18.0 Å². The van der Waals surface area contributed by atoms with E-state index in [9.17, 15) is 4.39 Å². The highest BCUT2D eigenvalue weighted by Crippen LogP contribution is 2.42. The van der Waals surface area contributed by atoms with Gasteiger partial charge < -0.3 is 5.32 Å². The summed E-state index contributed by atoms with van der Waals surface area (Å²) in [5.41, 5.74) is 1.16. The van der Waals surface area contributed by atoms with Crippen LogP contribution in [0.2, 0.25) is 0 Å². The number of benzene rings is 1. The minimum Gasteiger partial charge on any atom is -0.311 e. The first-order valence-electron chi connectivity index (χ1n) is 6.25. The molecule has 0 bridgehead atoms. The Bertz CT molecular complexity index is 386. The van der Waals surface area contributed by atoms with Crippen LogP contribution in [0.5, 0.6) is 0 Å². The molecule has 0 amide bonds. The van der Waals surface area contributed by atoms with E-state index in [1.54, 1.807) is 6.07 Å². The van der Waals surface area contributed by atoms with Gasteiger partial charge in [-0.3, -0.25) is 0 Å². The highest BCUT2D eigenvalue weighted by molar-refractivity contribution is 5.24. The number of halogens is 1. The summed E-state index contributed by atoms with van der Waals surface area (Å²) in [5, 5.41) is 3.66. The lowest BCUT2D eigenvalue weighted by molar-refractivity contribution is 0.509. The molecular weight excluding hydrogens is 201 g/mol. The fraction of sp³-hybridized carbons (Fsp3) is 0.571. The summed E-state index contributed by atoms with van der Waals surface area (Å²) in [7, 11) is 0. The second-order valence-electron chi connectivity index (χ2n) is 5.30. The van der Waals surface area contributed by atoms with Crippen LogP contribution in [0.25, 0.3) is 0 Å². The monoisotopic (exact) mass is 219 g/mol. The van der Waals surface area contributed by atoms with Gasteiger partial charge in [0.1, 0.15) is 5.82 Å². The summed E-state index contributed by atoms with van der Waals surface area (Å²) in [5.74, 6) is 1.27. The maximum atomic E-state index is 13.2. The van der Waals surface area contributed by atoms with E-state index >= 15 is 0 Å². The third-order valence-corrected chi connectivity index (χ3v) is 4.06. The van der Waals surface area contributed by atoms with Crippen molar-refractivity contribution in [3.63, 3.8) is 0 Å². The van der Waals surface area contributed by atoms with Crippen molar-refractivity contribution in [1.29, 1.82) is 0 Å². The van der Waals surface area contributed by atoms with Crippen molar-refractivity contribution in [3.05, 3.63) is 35.6 Å². The molecule has 1 aromatic rings. The van der Waals surface area contributed by atoms with E-state index in [-0.39, 0.29) is 5.82 Å². The van der Waals surface area contributed by atoms with Crippen LogP contribution in [0.15, 0.2) is 24.3 Å². The first kappa shape index (κ1) is 10.3. The van der Waals surface area contributed by atoms with Gasteiger partial charge in [-0.05, 0) is 49.8 Å². The summed E-state index contributed by atoms with van der Waals surface area (Å²) < 4.78 is 13.2. The van der Waals surface area contributed by atoms with Crippen LogP contribution in [0.4, 0.5) is 4.39 Å². The minimum atomic E-state index is -0.112. The van der Waals surface area contributed by atoms with Gasteiger partial charge in [0.15, 0.2) is 0 Å². The van der Waals surface area contributed by atoms with Gasteiger partial charge in [0.25, 0.3) is 0 Å². The van der Waals surface area contributed by atoms with Gasteiger partial charge in [-0.15, -0.1) is 0 Å². The lowest BCUT2D eigenvalue weighted by atomic mass is 9.91. The maximum Gasteiger partial charge on any atom is 0.123 e. The molecule has 2 heteroatoms. The molecule has 0 radical (unpaired) electrons. The molecule has 2 fully saturated rings. The summed E-state index contributed by atoms with van der Waals surface area (Å²) in [6.45, 7) is 2.22. The van der Waals surface area contributed by atoms with Crippen LogP contribution in [0.1, 0.15) is 37.7 Å². The fourth-order valence-corrected chi connectivity index (χ4v) is 2.99. The quantitative estimate of drug-likeness (QED) is 0.806. The molecule has 1 aromatic carbocycles. The zero-order chi connectivity index (χ0) is 11.1. The van der Waals surface area contributed by atoms with Crippen LogP contribution in [0.3, 0.4) is 0 Å². The highest BCUT2D eigenvalue weighted by atomic mass is 19.1. The van der Waals surface area contributed by atoms with Crippen molar-refractivity contribution in [2.75, 3.05) is 0 Å². The Balaban J connectivity index is 1.79. The molecule has 1 heterocycles. The standard InChI is InChI=1S/C14H18FN/c1-9-13(8-14(16-9)10-5-6-10)11-3-2-4-12(15)7-11/h2-4,7,9-10,13-14,16H,5-6,8H2,1H3. The molecule has 3 unspecified atom stereocenters. The van der Waals surface area contributed by atoms with E-state index in [1.807, 2.05) is 6.07 Å². The molecule has 0 spiro atoms. The number of hydrogen-bond acceptors (Lipinski definition) is 1. The predicted octanol–water partition coefficient (Wildman–Crippen LogP) is 3.07. The van der Waals surface area contributed by atoms with Gasteiger partial charge >= 0.3 is 0 Å². The average Bonchev–Trinajstić information content (AvgIpc) is 3.02. The smallest absolute Gasteiger partial charge is 0.123 e. The molecule has 86 valence electrons. The van der Waals surface area contributed by atoms with Gasteiger partial charge in [-0.1, -0.05) is 12.1 Å². The van der Waals surface area contributed by atoms with Gasteiger partial charge in [0.2, 0.25) is 0 Å². The second kappa shape index (κ2) is 3.85. The second-order valence-corrected chi connectivity index (χ2v) is 5.30. The lowest BCUT2D eigenvalue weighted by Crippen LogP contribution is -2.29. The zero-order valence-corrected chi connectivity index (χ0v) is 9.62. The first-order valence-corrected chi connectivity index (χ1v) is 6.25. The molecule has 3 rings (SSSR count). The van der Waals surface area contributed by atoms with Crippen molar-refractivity contribution in [3.8, 4) is 0 Å². The topological polar surface area (TPSA) is 12.0 Å². The molecule has 0 aromatic heterocycles. The van der Waals surface area contributed by atoms with E-state index in [4.69, 9.17) is 0 Å². The van der Waals surface area contributed by atoms with Gasteiger partial charge in [-0.25, -0.2) is 4.39 Å². The molecule has 1 N–H and O–H groups in total. The molecule has 1 aliphatic heterocycles. The number of rotatable bonds is 2. The third kappa shape index (κ3) is 1.86. The van der Waals surface area contributed by atoms with Crippen molar-refractivity contribution < 1.29 is 4.39 Å². The van der Waals surface area contributed by atoms with Crippen LogP contribution in [-0.2, 0) is 0 Å². The SMILES string of the molecule is CC1NC(C2CC2)CC1c1cccc(F)c1. The molecular formula is C14H18FN. The minimum absolute atomic E-state index is 0.112. The molecule has 3 atom stereocenters. The summed E-state index contributed by atoms with van der Waals surface area (Å²) in [4.78, 5) is 0. The average molecular weight is 219 g/mol. The van der Waals surface area contributed by atoms with Crippen LogP contribution < -0.4 is 5.32 Å². The molecule has 2 aliphatic rings. The fourth-order valence-electron chi connectivity index (χ4n) is 2.99. The Morgan fingerprint density at radius 3 is 2.81 bits per heavy atom. The molecule has 1 saturated heterocycles.